The van der Waals surface area contributed by atoms with Crippen molar-refractivity contribution in [1.82, 2.24) is 0 Å². The van der Waals surface area contributed by atoms with Crippen LogP contribution in [0.2, 0.25) is 0 Å². The minimum atomic E-state index is -1.01. The van der Waals surface area contributed by atoms with Crippen molar-refractivity contribution >= 4 is 0 Å². The van der Waals surface area contributed by atoms with Crippen LogP contribution in [-0.2, 0) is 0 Å². The maximum atomic E-state index is 7.64. The normalized spacial score (nSPS) is 17.5. The molecule has 0 fully saturated rings. The maximum Gasteiger partial charge on any atom is 0.0272 e. The van der Waals surface area contributed by atoms with Gasteiger partial charge in [0.25, 0.3) is 0 Å². The molecule has 0 aromatic carbocycles. The topological polar surface area (TPSA) is 0 Å². The predicted molar refractivity (Wildman–Crippen MR) is 39.0 cm³/mol. The van der Waals surface area contributed by atoms with Gasteiger partial charge in [-0.2, -0.15) is 0 Å². The van der Waals surface area contributed by atoms with Crippen molar-refractivity contribution in [3.05, 3.63) is 0 Å². The minimum Gasteiger partial charge on any atom is -0.0654 e. The van der Waals surface area contributed by atoms with E-state index in [4.69, 9.17) is 2.74 Å². The molecule has 8 heavy (non-hydrogen) atoms. The Bertz CT molecular complexity index is 100. The second-order valence-corrected chi connectivity index (χ2v) is 3.18. The lowest BCUT2D eigenvalue weighted by Crippen LogP contribution is -2.03. The van der Waals surface area contributed by atoms with Gasteiger partial charge in [-0.3, -0.25) is 0 Å². The van der Waals surface area contributed by atoms with Gasteiger partial charge in [0, 0.05) is 2.74 Å². The van der Waals surface area contributed by atoms with Gasteiger partial charge in [-0.1, -0.05) is 40.5 Å². The standard InChI is InChI=1S/C8H18/c1-5-6-7-8(2,3)4/h5-7H2,1-4H3/i7D2. The summed E-state index contributed by atoms with van der Waals surface area (Å²) in [6.45, 7) is 7.86. The third-order valence-corrected chi connectivity index (χ3v) is 0.905. The van der Waals surface area contributed by atoms with Crippen LogP contribution in [0.3, 0.4) is 0 Å². The lowest BCUT2D eigenvalue weighted by Gasteiger charge is -2.16. The molecule has 0 aromatic heterocycles. The first-order valence-corrected chi connectivity index (χ1v) is 3.31. The van der Waals surface area contributed by atoms with Gasteiger partial charge in [-0.05, 0) is 11.8 Å². The smallest absolute Gasteiger partial charge is 0.0272 e. The highest BCUT2D eigenvalue weighted by molar-refractivity contribution is 4.59. The van der Waals surface area contributed by atoms with Gasteiger partial charge in [-0.25, -0.2) is 0 Å². The molecule has 0 saturated carbocycles. The van der Waals surface area contributed by atoms with E-state index in [1.54, 1.807) is 0 Å². The van der Waals surface area contributed by atoms with Crippen molar-refractivity contribution in [3.63, 3.8) is 0 Å². The highest BCUT2D eigenvalue weighted by atomic mass is 14.1. The zero-order valence-electron chi connectivity index (χ0n) is 8.41. The van der Waals surface area contributed by atoms with Crippen molar-refractivity contribution < 1.29 is 2.74 Å². The van der Waals surface area contributed by atoms with Crippen LogP contribution in [0.25, 0.3) is 0 Å². The highest BCUT2D eigenvalue weighted by Crippen LogP contribution is 2.20. The van der Waals surface area contributed by atoms with Crippen LogP contribution in [0.5, 0.6) is 0 Å². The zero-order valence-corrected chi connectivity index (χ0v) is 6.41. The van der Waals surface area contributed by atoms with Gasteiger partial charge in [0.05, 0.1) is 0 Å². The minimum absolute atomic E-state index is 0.219. The average Bonchev–Trinajstić information content (AvgIpc) is 1.61. The van der Waals surface area contributed by atoms with Crippen LogP contribution in [0.1, 0.15) is 49.7 Å². The first kappa shape index (κ1) is 4.84. The fourth-order valence-corrected chi connectivity index (χ4v) is 0.500. The van der Waals surface area contributed by atoms with E-state index < -0.39 is 6.37 Å². The summed E-state index contributed by atoms with van der Waals surface area (Å²) in [6, 6.07) is 0. The van der Waals surface area contributed by atoms with E-state index in [9.17, 15) is 0 Å². The summed E-state index contributed by atoms with van der Waals surface area (Å²) in [5.41, 5.74) is -0.219. The Kier molecular flexibility index (Phi) is 1.88. The van der Waals surface area contributed by atoms with E-state index in [1.807, 2.05) is 27.7 Å². The number of rotatable bonds is 2. The van der Waals surface area contributed by atoms with E-state index in [0.717, 1.165) is 6.42 Å². The molecule has 50 valence electrons. The lowest BCUT2D eigenvalue weighted by atomic mass is 9.90. The fraction of sp³-hybridized carbons (Fsp3) is 1.00. The summed E-state index contributed by atoms with van der Waals surface area (Å²) in [5, 5.41) is 0. The molecule has 0 spiro atoms. The average molecular weight is 116 g/mol. The molecule has 0 rings (SSSR count). The summed E-state index contributed by atoms with van der Waals surface area (Å²) < 4.78 is 15.3. The second kappa shape index (κ2) is 3.11. The summed E-state index contributed by atoms with van der Waals surface area (Å²) in [7, 11) is 0. The zero-order chi connectivity index (χ0) is 8.41. The fourth-order valence-electron chi connectivity index (χ4n) is 0.500. The molecule has 0 unspecified atom stereocenters. The quantitative estimate of drug-likeness (QED) is 0.519. The van der Waals surface area contributed by atoms with Gasteiger partial charge in [0.2, 0.25) is 0 Å². The molecule has 0 aliphatic rings. The first-order chi connectivity index (χ1) is 4.31. The monoisotopic (exact) mass is 116 g/mol. The third-order valence-electron chi connectivity index (χ3n) is 0.905. The Labute approximate surface area is 56.1 Å². The Morgan fingerprint density at radius 3 is 2.00 bits per heavy atom. The van der Waals surface area contributed by atoms with E-state index >= 15 is 0 Å². The Morgan fingerprint density at radius 1 is 1.38 bits per heavy atom. The van der Waals surface area contributed by atoms with E-state index in [0.29, 0.717) is 6.42 Å². The molecule has 0 heterocycles. The largest absolute Gasteiger partial charge is 0.0654 e. The molecular formula is C8H18. The molecule has 0 heteroatoms. The molecule has 0 radical (unpaired) electrons. The van der Waals surface area contributed by atoms with E-state index in [2.05, 4.69) is 0 Å². The molecule has 0 aromatic rings. The number of hydrogen-bond acceptors (Lipinski definition) is 0. The molecule has 0 N–H and O–H groups in total. The Balaban J connectivity index is 4.10. The molecule has 0 aliphatic carbocycles. The first-order valence-electron chi connectivity index (χ1n) is 4.31. The lowest BCUT2D eigenvalue weighted by molar-refractivity contribution is 0.363. The van der Waals surface area contributed by atoms with Crippen LogP contribution < -0.4 is 0 Å². The second-order valence-electron chi connectivity index (χ2n) is 3.18. The van der Waals surface area contributed by atoms with Crippen LogP contribution >= 0.6 is 0 Å². The van der Waals surface area contributed by atoms with Gasteiger partial charge in [0.1, 0.15) is 0 Å². The van der Waals surface area contributed by atoms with Gasteiger partial charge in [0.15, 0.2) is 0 Å². The molecule has 0 amide bonds. The van der Waals surface area contributed by atoms with E-state index in [-0.39, 0.29) is 5.41 Å². The van der Waals surface area contributed by atoms with Crippen molar-refractivity contribution in [1.29, 1.82) is 0 Å². The number of hydrogen-bond donors (Lipinski definition) is 0. The summed E-state index contributed by atoms with van der Waals surface area (Å²) in [4.78, 5) is 0. The molecule has 0 atom stereocenters. The molecule has 0 nitrogen and oxygen atoms in total. The van der Waals surface area contributed by atoms with Crippen LogP contribution in [-0.4, -0.2) is 0 Å². The van der Waals surface area contributed by atoms with Gasteiger partial charge >= 0.3 is 0 Å². The summed E-state index contributed by atoms with van der Waals surface area (Å²) >= 11 is 0. The van der Waals surface area contributed by atoms with E-state index in [1.165, 1.54) is 0 Å². The SMILES string of the molecule is [2H]C([2H])(CCC)C(C)(C)C. The van der Waals surface area contributed by atoms with Crippen LogP contribution in [0.15, 0.2) is 0 Å². The van der Waals surface area contributed by atoms with Crippen molar-refractivity contribution in [2.75, 3.05) is 0 Å². The van der Waals surface area contributed by atoms with Gasteiger partial charge < -0.3 is 0 Å². The third kappa shape index (κ3) is 6.00. The molecule has 0 saturated heterocycles. The highest BCUT2D eigenvalue weighted by Gasteiger charge is 2.07. The maximum absolute atomic E-state index is 7.64. The predicted octanol–water partition coefficient (Wildman–Crippen LogP) is 3.22. The molecular weight excluding hydrogens is 96.1 g/mol. The Hall–Kier alpha value is 0. The molecule has 0 bridgehead atoms. The summed E-state index contributed by atoms with van der Waals surface area (Å²) in [6.07, 6.45) is 0.572. The van der Waals surface area contributed by atoms with Crippen LogP contribution in [0.4, 0.5) is 0 Å². The summed E-state index contributed by atoms with van der Waals surface area (Å²) in [5.74, 6) is 0. The van der Waals surface area contributed by atoms with Crippen molar-refractivity contribution in [2.24, 2.45) is 5.41 Å². The van der Waals surface area contributed by atoms with Gasteiger partial charge in [-0.15, -0.1) is 0 Å². The Morgan fingerprint density at radius 2 is 1.88 bits per heavy atom. The van der Waals surface area contributed by atoms with Crippen molar-refractivity contribution in [3.8, 4) is 0 Å². The molecule has 0 aliphatic heterocycles. The van der Waals surface area contributed by atoms with Crippen LogP contribution in [0, 0.1) is 5.41 Å². The van der Waals surface area contributed by atoms with Crippen molar-refractivity contribution in [2.45, 2.75) is 46.9 Å².